The molecule has 1 amide bonds. The Hall–Kier alpha value is -2.77. The molecule has 31 heavy (non-hydrogen) atoms. The minimum absolute atomic E-state index is 0.148. The van der Waals surface area contributed by atoms with Crippen molar-refractivity contribution in [1.29, 1.82) is 0 Å². The highest BCUT2D eigenvalue weighted by atomic mass is 16.5. The van der Waals surface area contributed by atoms with Crippen LogP contribution in [0.1, 0.15) is 22.0 Å². The van der Waals surface area contributed by atoms with Gasteiger partial charge in [-0.25, -0.2) is 0 Å². The van der Waals surface area contributed by atoms with Crippen LogP contribution in [0.3, 0.4) is 0 Å². The molecule has 1 fully saturated rings. The van der Waals surface area contributed by atoms with E-state index in [9.17, 15) is 4.79 Å². The van der Waals surface area contributed by atoms with E-state index in [1.165, 1.54) is 16.2 Å². The summed E-state index contributed by atoms with van der Waals surface area (Å²) in [6, 6.07) is 14.2. The van der Waals surface area contributed by atoms with Gasteiger partial charge in [-0.3, -0.25) is 4.79 Å². The maximum absolute atomic E-state index is 13.0. The van der Waals surface area contributed by atoms with Crippen LogP contribution >= 0.6 is 0 Å². The molecule has 0 aliphatic carbocycles. The Morgan fingerprint density at radius 2 is 1.71 bits per heavy atom. The Kier molecular flexibility index (Phi) is 7.76. The summed E-state index contributed by atoms with van der Waals surface area (Å²) in [5.74, 6) is 0.869. The number of likely N-dealkylation sites (N-methyl/N-ethyl adjacent to an activating group) is 1. The number of nitrogens with one attached hydrogen (secondary N) is 3. The van der Waals surface area contributed by atoms with Gasteiger partial charge in [0.25, 0.3) is 5.91 Å². The predicted molar refractivity (Wildman–Crippen MR) is 123 cm³/mol. The van der Waals surface area contributed by atoms with E-state index in [2.05, 4.69) is 41.5 Å². The molecule has 1 heterocycles. The molecule has 0 saturated carbocycles. The third-order valence-corrected chi connectivity index (χ3v) is 6.16. The second kappa shape index (κ2) is 10.5. The number of amides is 1. The van der Waals surface area contributed by atoms with Gasteiger partial charge in [0.15, 0.2) is 11.5 Å². The number of rotatable bonds is 8. The normalized spacial score (nSPS) is 19.4. The van der Waals surface area contributed by atoms with Gasteiger partial charge in [0.1, 0.15) is 32.2 Å². The topological polar surface area (TPSA) is 59.7 Å². The van der Waals surface area contributed by atoms with Crippen LogP contribution in [0.15, 0.2) is 42.5 Å². The number of para-hydroxylation sites is 1. The minimum Gasteiger partial charge on any atom is -0.493 e. The maximum atomic E-state index is 13.0. The highest BCUT2D eigenvalue weighted by molar-refractivity contribution is 5.97. The summed E-state index contributed by atoms with van der Waals surface area (Å²) >= 11 is 0. The fourth-order valence-corrected chi connectivity index (χ4v) is 4.20. The van der Waals surface area contributed by atoms with Crippen molar-refractivity contribution in [2.24, 2.45) is 0 Å². The van der Waals surface area contributed by atoms with E-state index in [1.807, 2.05) is 20.2 Å². The van der Waals surface area contributed by atoms with Crippen LogP contribution < -0.4 is 29.5 Å². The molecule has 1 atom stereocenters. The van der Waals surface area contributed by atoms with Gasteiger partial charge in [-0.1, -0.05) is 18.2 Å². The summed E-state index contributed by atoms with van der Waals surface area (Å²) in [4.78, 5) is 18.2. The van der Waals surface area contributed by atoms with Gasteiger partial charge in [0, 0.05) is 25.3 Å². The number of anilines is 1. The molecule has 2 aromatic rings. The van der Waals surface area contributed by atoms with E-state index in [0.29, 0.717) is 23.6 Å². The van der Waals surface area contributed by atoms with Crippen LogP contribution in [0, 0.1) is 0 Å². The van der Waals surface area contributed by atoms with E-state index < -0.39 is 0 Å². The first kappa shape index (κ1) is 22.9. The smallest absolute Gasteiger partial charge is 0.255 e. The molecule has 1 aliphatic rings. The lowest BCUT2D eigenvalue weighted by Crippen LogP contribution is -3.27. The molecule has 3 rings (SSSR count). The second-order valence-electron chi connectivity index (χ2n) is 8.41. The van der Waals surface area contributed by atoms with Crippen LogP contribution in [0.5, 0.6) is 11.5 Å². The molecule has 0 radical (unpaired) electrons. The van der Waals surface area contributed by atoms with Crippen molar-refractivity contribution < 1.29 is 24.1 Å². The van der Waals surface area contributed by atoms with E-state index in [0.717, 1.165) is 26.2 Å². The Labute approximate surface area is 185 Å². The Morgan fingerprint density at radius 1 is 1.03 bits per heavy atom. The SMILES string of the molecule is COc1cccc(C(=O)NC[C@@H](c2ccc(N(C)C)cc2)[NH+]2CC[NH+](C)CC2)c1OC. The zero-order valence-corrected chi connectivity index (χ0v) is 19.3. The minimum atomic E-state index is -0.148. The fraction of sp³-hybridized carbons (Fsp3) is 0.458. The molecule has 3 N–H and O–H groups in total. The number of methoxy groups -OCH3 is 2. The molecule has 1 saturated heterocycles. The standard InChI is InChI=1S/C24H34N4O3/c1-26(2)19-11-9-18(10-12-19)21(28-15-13-27(3)14-16-28)17-25-24(29)20-7-6-8-22(30-4)23(20)31-5/h6-12,21H,13-17H2,1-5H3,(H,25,29)/p+2/t21-/m0/s1. The van der Waals surface area contributed by atoms with Gasteiger partial charge in [-0.05, 0) is 24.3 Å². The van der Waals surface area contributed by atoms with Crippen LogP contribution in [0.2, 0.25) is 0 Å². The number of carbonyl (C=O) groups is 1. The van der Waals surface area contributed by atoms with Crippen molar-refractivity contribution in [1.82, 2.24) is 5.32 Å². The zero-order valence-electron chi connectivity index (χ0n) is 19.3. The molecule has 2 aromatic carbocycles. The first-order valence-corrected chi connectivity index (χ1v) is 10.9. The van der Waals surface area contributed by atoms with Gasteiger partial charge in [-0.2, -0.15) is 0 Å². The highest BCUT2D eigenvalue weighted by Crippen LogP contribution is 2.30. The summed E-state index contributed by atoms with van der Waals surface area (Å²) < 4.78 is 10.8. The van der Waals surface area contributed by atoms with Gasteiger partial charge in [-0.15, -0.1) is 0 Å². The van der Waals surface area contributed by atoms with E-state index >= 15 is 0 Å². The van der Waals surface area contributed by atoms with Crippen molar-refractivity contribution in [3.63, 3.8) is 0 Å². The van der Waals surface area contributed by atoms with E-state index in [4.69, 9.17) is 9.47 Å². The number of benzene rings is 2. The van der Waals surface area contributed by atoms with Crippen molar-refractivity contribution >= 4 is 11.6 Å². The third-order valence-electron chi connectivity index (χ3n) is 6.16. The van der Waals surface area contributed by atoms with Crippen LogP contribution in [0.25, 0.3) is 0 Å². The van der Waals surface area contributed by atoms with Crippen molar-refractivity contribution in [2.45, 2.75) is 6.04 Å². The average Bonchev–Trinajstić information content (AvgIpc) is 2.79. The molecule has 0 aromatic heterocycles. The lowest BCUT2D eigenvalue weighted by molar-refractivity contribution is -1.02. The second-order valence-corrected chi connectivity index (χ2v) is 8.41. The number of quaternary nitrogens is 2. The fourth-order valence-electron chi connectivity index (χ4n) is 4.20. The number of carbonyl (C=O) groups excluding carboxylic acids is 1. The number of nitrogens with zero attached hydrogens (tertiary/aromatic N) is 1. The van der Waals surface area contributed by atoms with Crippen molar-refractivity contribution in [2.75, 3.05) is 73.0 Å². The number of hydrogen-bond donors (Lipinski definition) is 3. The Morgan fingerprint density at radius 3 is 2.29 bits per heavy atom. The number of ether oxygens (including phenoxy) is 2. The maximum Gasteiger partial charge on any atom is 0.255 e. The number of piperazine rings is 1. The Balaban J connectivity index is 1.79. The number of hydrogen-bond acceptors (Lipinski definition) is 4. The summed E-state index contributed by atoms with van der Waals surface area (Å²) in [6.45, 7) is 5.02. The van der Waals surface area contributed by atoms with Gasteiger partial charge >= 0.3 is 0 Å². The molecule has 0 bridgehead atoms. The average molecular weight is 429 g/mol. The highest BCUT2D eigenvalue weighted by Gasteiger charge is 2.30. The quantitative estimate of drug-likeness (QED) is 0.538. The summed E-state index contributed by atoms with van der Waals surface area (Å²) in [5.41, 5.74) is 2.91. The van der Waals surface area contributed by atoms with Crippen LogP contribution in [0.4, 0.5) is 5.69 Å². The van der Waals surface area contributed by atoms with Crippen molar-refractivity contribution in [3.05, 3.63) is 53.6 Å². The van der Waals surface area contributed by atoms with Gasteiger partial charge in [0.2, 0.25) is 0 Å². The Bertz CT molecular complexity index is 862. The van der Waals surface area contributed by atoms with Gasteiger partial charge in [0.05, 0.1) is 33.4 Å². The molecular weight excluding hydrogens is 392 g/mol. The molecular formula is C24H36N4O3+2. The van der Waals surface area contributed by atoms with Crippen LogP contribution in [-0.4, -0.2) is 74.0 Å². The molecule has 7 nitrogen and oxygen atoms in total. The predicted octanol–water partition coefficient (Wildman–Crippen LogP) is -0.346. The molecule has 7 heteroatoms. The molecule has 168 valence electrons. The van der Waals surface area contributed by atoms with E-state index in [1.54, 1.807) is 31.3 Å². The summed E-state index contributed by atoms with van der Waals surface area (Å²) in [6.07, 6.45) is 0. The van der Waals surface area contributed by atoms with Gasteiger partial charge < -0.3 is 29.5 Å². The largest absolute Gasteiger partial charge is 0.493 e. The molecule has 1 aliphatic heterocycles. The van der Waals surface area contributed by atoms with Crippen molar-refractivity contribution in [3.8, 4) is 11.5 Å². The first-order valence-electron chi connectivity index (χ1n) is 10.9. The first-order chi connectivity index (χ1) is 14.9. The lowest BCUT2D eigenvalue weighted by atomic mass is 10.0. The molecule has 0 spiro atoms. The van der Waals surface area contributed by atoms with Crippen LogP contribution in [-0.2, 0) is 0 Å². The monoisotopic (exact) mass is 428 g/mol. The molecule has 0 unspecified atom stereocenters. The van der Waals surface area contributed by atoms with E-state index in [-0.39, 0.29) is 11.9 Å². The zero-order chi connectivity index (χ0) is 22.4. The summed E-state index contributed by atoms with van der Waals surface area (Å²) in [5, 5.41) is 3.16. The third kappa shape index (κ3) is 5.48. The lowest BCUT2D eigenvalue weighted by Gasteiger charge is -2.34. The summed E-state index contributed by atoms with van der Waals surface area (Å²) in [7, 11) is 9.46.